The molecule has 41 heavy (non-hydrogen) atoms. The molecular formula is C22H29ClN6O10S2. The standard InChI is InChI=1S/C22H28N6O10S2.ClH/c1-9(2)36-22(33)38-10(3)37-19(31)15-11(6-35-21(32)27(4)5)7-39-18-14(17(30)28(15)18)25-16(29)13(26-34)12-8-40-20(23)24-12;/h8-10,14,18,34H,6-7H2,1-5H3,(H2,23,24)(H,25,29);1H/b26-13-;/t10?,14-,18-;/m1./s1. The van der Waals surface area contributed by atoms with Crippen LogP contribution in [0.4, 0.5) is 14.7 Å². The van der Waals surface area contributed by atoms with Crippen LogP contribution < -0.4 is 11.1 Å². The molecule has 1 fully saturated rings. The molecule has 0 radical (unpaired) electrons. The third-order valence-corrected chi connectivity index (χ3v) is 7.22. The van der Waals surface area contributed by atoms with Gasteiger partial charge in [0.1, 0.15) is 29.4 Å². The Morgan fingerprint density at radius 1 is 1.24 bits per heavy atom. The van der Waals surface area contributed by atoms with Crippen LogP contribution in [0, 0.1) is 0 Å². The van der Waals surface area contributed by atoms with Gasteiger partial charge in [0.05, 0.1) is 6.10 Å². The molecular weight excluding hydrogens is 608 g/mol. The molecule has 3 amide bonds. The summed E-state index contributed by atoms with van der Waals surface area (Å²) in [7, 11) is 2.95. The van der Waals surface area contributed by atoms with Gasteiger partial charge in [0, 0.05) is 37.7 Å². The Labute approximate surface area is 248 Å². The molecule has 3 heterocycles. The number of rotatable bonds is 9. The van der Waals surface area contributed by atoms with Crippen LogP contribution in [-0.4, -0.2) is 106 Å². The third kappa shape index (κ3) is 7.92. The molecule has 1 aromatic rings. The molecule has 0 spiro atoms. The predicted octanol–water partition coefficient (Wildman–Crippen LogP) is 1.13. The van der Waals surface area contributed by atoms with E-state index >= 15 is 0 Å². The average Bonchev–Trinajstić information content (AvgIpc) is 3.30. The summed E-state index contributed by atoms with van der Waals surface area (Å²) in [4.78, 5) is 69.1. The Bertz CT molecular complexity index is 1250. The number of thioether (sulfide) groups is 1. The molecule has 1 unspecified atom stereocenters. The number of hydrogen-bond acceptors (Lipinski definition) is 15. The van der Waals surface area contributed by atoms with Crippen molar-refractivity contribution in [3.05, 3.63) is 22.3 Å². The largest absolute Gasteiger partial charge is 0.511 e. The minimum absolute atomic E-state index is 0. The van der Waals surface area contributed by atoms with Gasteiger partial charge in [-0.15, -0.1) is 35.5 Å². The van der Waals surface area contributed by atoms with E-state index in [1.165, 1.54) is 43.1 Å². The van der Waals surface area contributed by atoms with Crippen LogP contribution >= 0.6 is 35.5 Å². The number of esters is 1. The number of nitrogens with two attached hydrogens (primary N) is 1. The Morgan fingerprint density at radius 3 is 2.49 bits per heavy atom. The molecule has 1 aromatic heterocycles. The number of amides is 3. The number of fused-ring (bicyclic) bond motifs is 1. The van der Waals surface area contributed by atoms with Gasteiger partial charge in [-0.2, -0.15) is 0 Å². The Kier molecular flexibility index (Phi) is 11.6. The maximum Gasteiger partial charge on any atom is 0.511 e. The summed E-state index contributed by atoms with van der Waals surface area (Å²) in [6.07, 6.45) is -3.60. The highest BCUT2D eigenvalue weighted by Gasteiger charge is 2.55. The van der Waals surface area contributed by atoms with E-state index in [1.54, 1.807) is 13.8 Å². The molecule has 3 rings (SSSR count). The van der Waals surface area contributed by atoms with E-state index in [1.807, 2.05) is 0 Å². The minimum atomic E-state index is -1.38. The summed E-state index contributed by atoms with van der Waals surface area (Å²) in [6, 6.07) is -1.10. The van der Waals surface area contributed by atoms with Crippen molar-refractivity contribution in [2.75, 3.05) is 32.2 Å². The first-order valence-corrected chi connectivity index (χ1v) is 13.6. The van der Waals surface area contributed by atoms with Crippen molar-refractivity contribution < 1.29 is 48.1 Å². The second-order valence-electron chi connectivity index (χ2n) is 8.79. The number of aromatic nitrogens is 1. The fourth-order valence-electron chi connectivity index (χ4n) is 3.47. The van der Waals surface area contributed by atoms with Gasteiger partial charge in [-0.1, -0.05) is 5.16 Å². The summed E-state index contributed by atoms with van der Waals surface area (Å²) in [5, 5.41) is 15.6. The summed E-state index contributed by atoms with van der Waals surface area (Å²) in [5.41, 5.74) is 5.17. The monoisotopic (exact) mass is 636 g/mol. The number of halogens is 1. The molecule has 2 aliphatic heterocycles. The van der Waals surface area contributed by atoms with Crippen molar-refractivity contribution in [3.8, 4) is 0 Å². The number of β-lactam (4-membered cyclic amide) rings is 1. The van der Waals surface area contributed by atoms with Crippen LogP contribution in [0.25, 0.3) is 0 Å². The number of carbonyl (C=O) groups excluding carboxylic acids is 5. The molecule has 3 atom stereocenters. The molecule has 226 valence electrons. The lowest BCUT2D eigenvalue weighted by Crippen LogP contribution is -2.71. The quantitative estimate of drug-likeness (QED) is 0.0660. The molecule has 16 nitrogen and oxygen atoms in total. The first-order chi connectivity index (χ1) is 18.8. The Morgan fingerprint density at radius 2 is 1.93 bits per heavy atom. The van der Waals surface area contributed by atoms with Crippen molar-refractivity contribution in [1.29, 1.82) is 0 Å². The van der Waals surface area contributed by atoms with E-state index in [9.17, 15) is 29.2 Å². The maximum atomic E-state index is 13.2. The summed E-state index contributed by atoms with van der Waals surface area (Å²) >= 11 is 2.22. The molecule has 0 aromatic carbocycles. The van der Waals surface area contributed by atoms with Crippen molar-refractivity contribution in [3.63, 3.8) is 0 Å². The molecule has 1 saturated heterocycles. The third-order valence-electron chi connectivity index (χ3n) is 5.21. The molecule has 0 aliphatic carbocycles. The van der Waals surface area contributed by atoms with Gasteiger partial charge in [0.15, 0.2) is 10.8 Å². The van der Waals surface area contributed by atoms with Crippen molar-refractivity contribution in [2.45, 2.75) is 44.6 Å². The lowest BCUT2D eigenvalue weighted by Gasteiger charge is -2.49. The first-order valence-electron chi connectivity index (χ1n) is 11.7. The normalized spacial score (nSPS) is 18.8. The van der Waals surface area contributed by atoms with Crippen molar-refractivity contribution in [2.24, 2.45) is 5.16 Å². The lowest BCUT2D eigenvalue weighted by molar-refractivity contribution is -0.169. The fraction of sp³-hybridized carbons (Fsp3) is 0.500. The molecule has 0 saturated carbocycles. The Hall–Kier alpha value is -3.77. The zero-order chi connectivity index (χ0) is 29.7. The van der Waals surface area contributed by atoms with E-state index < -0.39 is 59.6 Å². The number of nitrogens with one attached hydrogen (secondary N) is 1. The highest BCUT2D eigenvalue weighted by atomic mass is 35.5. The SMILES string of the molecule is CC(C)OC(=O)OC(C)OC(=O)C1=C(COC(=O)N(C)C)CS[C@@H]2[C@H](NC(=O)/C(=N\O)c3csc(N)n3)C(=O)N12.Cl. The van der Waals surface area contributed by atoms with Crippen LogP contribution in [0.2, 0.25) is 0 Å². The highest BCUT2D eigenvalue weighted by Crippen LogP contribution is 2.41. The Balaban J connectivity index is 0.00000588. The number of carbonyl (C=O) groups is 5. The number of nitrogens with zero attached hydrogens (tertiary/aromatic N) is 4. The van der Waals surface area contributed by atoms with Gasteiger partial charge in [0.2, 0.25) is 6.29 Å². The molecule has 19 heteroatoms. The number of hydrogen-bond donors (Lipinski definition) is 3. The van der Waals surface area contributed by atoms with Crippen molar-refractivity contribution >= 4 is 76.4 Å². The zero-order valence-corrected chi connectivity index (χ0v) is 25.0. The van der Waals surface area contributed by atoms with E-state index in [2.05, 4.69) is 15.5 Å². The van der Waals surface area contributed by atoms with Crippen LogP contribution in [0.15, 0.2) is 21.8 Å². The summed E-state index contributed by atoms with van der Waals surface area (Å²) in [6.45, 7) is 4.16. The van der Waals surface area contributed by atoms with E-state index in [-0.39, 0.29) is 46.9 Å². The second kappa shape index (κ2) is 14.2. The molecule has 4 N–H and O–H groups in total. The molecule has 2 aliphatic rings. The van der Waals surface area contributed by atoms with Gasteiger partial charge < -0.3 is 40.1 Å². The predicted molar refractivity (Wildman–Crippen MR) is 147 cm³/mol. The summed E-state index contributed by atoms with van der Waals surface area (Å²) < 4.78 is 20.2. The van der Waals surface area contributed by atoms with E-state index in [0.29, 0.717) is 0 Å². The topological polar surface area (TPSA) is 212 Å². The van der Waals surface area contributed by atoms with Gasteiger partial charge in [0.25, 0.3) is 11.8 Å². The van der Waals surface area contributed by atoms with Crippen LogP contribution in [0.1, 0.15) is 26.5 Å². The average molecular weight is 637 g/mol. The number of nitrogen functional groups attached to an aromatic ring is 1. The van der Waals surface area contributed by atoms with Crippen LogP contribution in [-0.2, 0) is 33.3 Å². The van der Waals surface area contributed by atoms with Gasteiger partial charge in [-0.25, -0.2) is 19.4 Å². The minimum Gasteiger partial charge on any atom is -0.445 e. The molecule has 0 bridgehead atoms. The lowest BCUT2D eigenvalue weighted by atomic mass is 10.0. The van der Waals surface area contributed by atoms with Gasteiger partial charge >= 0.3 is 18.2 Å². The summed E-state index contributed by atoms with van der Waals surface area (Å²) in [5.74, 6) is -2.48. The van der Waals surface area contributed by atoms with E-state index in [4.69, 9.17) is 24.7 Å². The first kappa shape index (κ1) is 33.4. The van der Waals surface area contributed by atoms with Gasteiger partial charge in [-0.05, 0) is 13.8 Å². The second-order valence-corrected chi connectivity index (χ2v) is 10.8. The van der Waals surface area contributed by atoms with Crippen LogP contribution in [0.3, 0.4) is 0 Å². The number of oxime groups is 1. The highest BCUT2D eigenvalue weighted by molar-refractivity contribution is 8.00. The number of anilines is 1. The number of ether oxygens (including phenoxy) is 4. The smallest absolute Gasteiger partial charge is 0.445 e. The van der Waals surface area contributed by atoms with E-state index in [0.717, 1.165) is 16.2 Å². The van der Waals surface area contributed by atoms with Crippen LogP contribution in [0.5, 0.6) is 0 Å². The zero-order valence-electron chi connectivity index (χ0n) is 22.5. The van der Waals surface area contributed by atoms with Crippen molar-refractivity contribution in [1.82, 2.24) is 20.1 Å². The maximum absolute atomic E-state index is 13.2. The fourth-order valence-corrected chi connectivity index (χ4v) is 5.34. The van der Waals surface area contributed by atoms with Gasteiger partial charge in [-0.3, -0.25) is 14.5 Å². The number of thiazole rings is 1.